The van der Waals surface area contributed by atoms with Crippen LogP contribution in [0.25, 0.3) is 0 Å². The molecule has 27 heavy (non-hydrogen) atoms. The van der Waals surface area contributed by atoms with Gasteiger partial charge in [0, 0.05) is 12.0 Å². The van der Waals surface area contributed by atoms with E-state index in [9.17, 15) is 9.59 Å². The smallest absolute Gasteiger partial charge is 0.269 e. The molecule has 0 bridgehead atoms. The molecule has 0 saturated carbocycles. The van der Waals surface area contributed by atoms with E-state index >= 15 is 0 Å². The number of hydrogen-bond donors (Lipinski definition) is 2. The molecule has 2 amide bonds. The number of methoxy groups -OCH3 is 3. The fourth-order valence-electron chi connectivity index (χ4n) is 2.36. The molecule has 0 fully saturated rings. The van der Waals surface area contributed by atoms with Gasteiger partial charge in [-0.3, -0.25) is 20.4 Å². The van der Waals surface area contributed by atoms with E-state index in [0.29, 0.717) is 23.5 Å². The molecule has 2 aromatic carbocycles. The number of benzene rings is 2. The van der Waals surface area contributed by atoms with Crippen LogP contribution in [0.1, 0.15) is 22.3 Å². The largest absolute Gasteiger partial charge is 0.496 e. The van der Waals surface area contributed by atoms with Gasteiger partial charge in [0.15, 0.2) is 11.5 Å². The summed E-state index contributed by atoms with van der Waals surface area (Å²) in [5.41, 5.74) is 6.11. The topological polar surface area (TPSA) is 85.9 Å². The van der Waals surface area contributed by atoms with Crippen LogP contribution >= 0.6 is 15.9 Å². The number of nitrogens with one attached hydrogen (secondary N) is 2. The highest BCUT2D eigenvalue weighted by molar-refractivity contribution is 9.10. The van der Waals surface area contributed by atoms with E-state index < -0.39 is 5.91 Å². The lowest BCUT2D eigenvalue weighted by molar-refractivity contribution is -0.121. The average Bonchev–Trinajstić information content (AvgIpc) is 2.69. The van der Waals surface area contributed by atoms with Crippen LogP contribution in [-0.2, 0) is 11.2 Å². The van der Waals surface area contributed by atoms with Crippen molar-refractivity contribution in [3.63, 3.8) is 0 Å². The maximum Gasteiger partial charge on any atom is 0.269 e. The number of hydrogen-bond acceptors (Lipinski definition) is 5. The maximum atomic E-state index is 12.2. The molecule has 144 valence electrons. The molecule has 7 nitrogen and oxygen atoms in total. The second-order valence-electron chi connectivity index (χ2n) is 5.54. The number of aryl methyl sites for hydroxylation is 1. The maximum absolute atomic E-state index is 12.2. The molecular formula is C19H21BrN2O5. The summed E-state index contributed by atoms with van der Waals surface area (Å²) in [6.07, 6.45) is 0.756. The summed E-state index contributed by atoms with van der Waals surface area (Å²) in [5, 5.41) is 0. The van der Waals surface area contributed by atoms with Gasteiger partial charge < -0.3 is 14.2 Å². The van der Waals surface area contributed by atoms with Crippen molar-refractivity contribution in [2.75, 3.05) is 21.3 Å². The van der Waals surface area contributed by atoms with E-state index in [2.05, 4.69) is 26.8 Å². The van der Waals surface area contributed by atoms with Crippen LogP contribution in [0.2, 0.25) is 0 Å². The van der Waals surface area contributed by atoms with Crippen LogP contribution in [-0.4, -0.2) is 33.1 Å². The van der Waals surface area contributed by atoms with E-state index in [4.69, 9.17) is 14.2 Å². The zero-order valence-corrected chi connectivity index (χ0v) is 16.9. The highest BCUT2D eigenvalue weighted by Gasteiger charge is 2.12. The molecule has 0 radical (unpaired) electrons. The van der Waals surface area contributed by atoms with E-state index in [-0.39, 0.29) is 12.3 Å². The third kappa shape index (κ3) is 5.62. The molecule has 0 aliphatic heterocycles. The van der Waals surface area contributed by atoms with Gasteiger partial charge in [0.25, 0.3) is 5.91 Å². The Kier molecular flexibility index (Phi) is 7.48. The number of carbonyl (C=O) groups excluding carboxylic acids is 2. The van der Waals surface area contributed by atoms with Crippen molar-refractivity contribution in [2.24, 2.45) is 0 Å². The van der Waals surface area contributed by atoms with Crippen molar-refractivity contribution in [3.05, 3.63) is 52.0 Å². The van der Waals surface area contributed by atoms with Crippen LogP contribution in [0.15, 0.2) is 40.9 Å². The summed E-state index contributed by atoms with van der Waals surface area (Å²) in [5.74, 6) is 0.933. The Labute approximate surface area is 166 Å². The Bertz CT molecular complexity index is 826. The number of halogens is 1. The standard InChI is InChI=1S/C19H21BrN2O5/c1-25-15-7-4-12(10-14(15)20)5-9-18(23)21-22-19(24)13-6-8-16(26-2)17(11-13)27-3/h4,6-8,10-11H,5,9H2,1-3H3,(H,21,23)(H,22,24). The van der Waals surface area contributed by atoms with Gasteiger partial charge in [-0.1, -0.05) is 6.07 Å². The molecule has 0 atom stereocenters. The molecular weight excluding hydrogens is 416 g/mol. The minimum Gasteiger partial charge on any atom is -0.496 e. The minimum atomic E-state index is -0.448. The zero-order chi connectivity index (χ0) is 19.8. The zero-order valence-electron chi connectivity index (χ0n) is 15.3. The molecule has 0 spiro atoms. The highest BCUT2D eigenvalue weighted by atomic mass is 79.9. The first-order chi connectivity index (χ1) is 13.0. The van der Waals surface area contributed by atoms with E-state index in [1.807, 2.05) is 18.2 Å². The van der Waals surface area contributed by atoms with Gasteiger partial charge in [-0.25, -0.2) is 0 Å². The van der Waals surface area contributed by atoms with Gasteiger partial charge in [-0.05, 0) is 58.2 Å². The second-order valence-corrected chi connectivity index (χ2v) is 6.40. The lowest BCUT2D eigenvalue weighted by Gasteiger charge is -2.11. The van der Waals surface area contributed by atoms with Crippen molar-refractivity contribution in [1.82, 2.24) is 10.9 Å². The van der Waals surface area contributed by atoms with Crippen molar-refractivity contribution in [1.29, 1.82) is 0 Å². The lowest BCUT2D eigenvalue weighted by Crippen LogP contribution is -2.41. The summed E-state index contributed by atoms with van der Waals surface area (Å²) in [6, 6.07) is 10.4. The van der Waals surface area contributed by atoms with Gasteiger partial charge in [0.1, 0.15) is 5.75 Å². The van der Waals surface area contributed by atoms with Crippen LogP contribution in [0.4, 0.5) is 0 Å². The van der Waals surface area contributed by atoms with E-state index in [1.54, 1.807) is 19.2 Å². The van der Waals surface area contributed by atoms with Crippen LogP contribution in [0.5, 0.6) is 17.2 Å². The first kappa shape index (κ1) is 20.6. The number of amides is 2. The summed E-state index contributed by atoms with van der Waals surface area (Å²) in [6.45, 7) is 0. The summed E-state index contributed by atoms with van der Waals surface area (Å²) in [4.78, 5) is 24.1. The van der Waals surface area contributed by atoms with Crippen molar-refractivity contribution >= 4 is 27.7 Å². The van der Waals surface area contributed by atoms with Gasteiger partial charge in [0.2, 0.25) is 5.91 Å². The Morgan fingerprint density at radius 3 is 2.19 bits per heavy atom. The Morgan fingerprint density at radius 1 is 0.889 bits per heavy atom. The molecule has 0 aromatic heterocycles. The summed E-state index contributed by atoms with van der Waals surface area (Å²) < 4.78 is 16.3. The molecule has 8 heteroatoms. The van der Waals surface area contributed by atoms with Crippen molar-refractivity contribution in [3.8, 4) is 17.2 Å². The molecule has 0 unspecified atom stereocenters. The molecule has 2 aromatic rings. The summed E-state index contributed by atoms with van der Waals surface area (Å²) in [7, 11) is 4.59. The Morgan fingerprint density at radius 2 is 1.56 bits per heavy atom. The first-order valence-electron chi connectivity index (χ1n) is 8.12. The molecule has 0 saturated heterocycles. The molecule has 0 heterocycles. The predicted molar refractivity (Wildman–Crippen MR) is 104 cm³/mol. The van der Waals surface area contributed by atoms with Crippen LogP contribution in [0.3, 0.4) is 0 Å². The number of rotatable bonds is 7. The number of hydrazine groups is 1. The molecule has 2 N–H and O–H groups in total. The monoisotopic (exact) mass is 436 g/mol. The van der Waals surface area contributed by atoms with Gasteiger partial charge >= 0.3 is 0 Å². The molecule has 2 rings (SSSR count). The average molecular weight is 437 g/mol. The molecule has 0 aliphatic rings. The Balaban J connectivity index is 1.86. The fourth-order valence-corrected chi connectivity index (χ4v) is 2.95. The first-order valence-corrected chi connectivity index (χ1v) is 8.91. The Hall–Kier alpha value is -2.74. The quantitative estimate of drug-likeness (QED) is 0.651. The third-order valence-electron chi connectivity index (χ3n) is 3.82. The van der Waals surface area contributed by atoms with Gasteiger partial charge in [0.05, 0.1) is 25.8 Å². The molecule has 0 aliphatic carbocycles. The predicted octanol–water partition coefficient (Wildman–Crippen LogP) is 2.87. The lowest BCUT2D eigenvalue weighted by atomic mass is 10.1. The minimum absolute atomic E-state index is 0.227. The normalized spacial score (nSPS) is 10.1. The number of carbonyl (C=O) groups is 2. The highest BCUT2D eigenvalue weighted by Crippen LogP contribution is 2.27. The van der Waals surface area contributed by atoms with Gasteiger partial charge in [-0.2, -0.15) is 0 Å². The van der Waals surface area contributed by atoms with E-state index in [1.165, 1.54) is 20.3 Å². The van der Waals surface area contributed by atoms with Crippen molar-refractivity contribution in [2.45, 2.75) is 12.8 Å². The van der Waals surface area contributed by atoms with Crippen molar-refractivity contribution < 1.29 is 23.8 Å². The van der Waals surface area contributed by atoms with Crippen LogP contribution < -0.4 is 25.1 Å². The third-order valence-corrected chi connectivity index (χ3v) is 4.44. The number of ether oxygens (including phenoxy) is 3. The fraction of sp³-hybridized carbons (Fsp3) is 0.263. The summed E-state index contributed by atoms with van der Waals surface area (Å²) >= 11 is 3.41. The van der Waals surface area contributed by atoms with E-state index in [0.717, 1.165) is 15.8 Å². The SMILES string of the molecule is COc1ccc(CCC(=O)NNC(=O)c2ccc(OC)c(OC)c2)cc1Br. The van der Waals surface area contributed by atoms with Crippen LogP contribution in [0, 0.1) is 0 Å². The van der Waals surface area contributed by atoms with Gasteiger partial charge in [-0.15, -0.1) is 0 Å². The second kappa shape index (κ2) is 9.82.